The number of methoxy groups -OCH3 is 1. The number of benzene rings is 3. The number of sulfonamides is 1. The van der Waals surface area contributed by atoms with E-state index in [1.165, 1.54) is 25.3 Å². The zero-order valence-corrected chi connectivity index (χ0v) is 19.5. The maximum atomic E-state index is 14.0. The van der Waals surface area contributed by atoms with E-state index in [9.17, 15) is 26.4 Å². The molecule has 0 saturated carbocycles. The number of halogens is 4. The van der Waals surface area contributed by atoms with Crippen molar-refractivity contribution < 1.29 is 31.1 Å². The molecule has 3 aromatic carbocycles. The third kappa shape index (κ3) is 5.88. The van der Waals surface area contributed by atoms with E-state index in [2.05, 4.69) is 5.32 Å². The number of hydrogen-bond acceptors (Lipinski definition) is 4. The second-order valence-electron chi connectivity index (χ2n) is 7.14. The maximum Gasteiger partial charge on any atom is 0.243 e. The van der Waals surface area contributed by atoms with Crippen molar-refractivity contribution in [2.24, 2.45) is 0 Å². The third-order valence-electron chi connectivity index (χ3n) is 4.88. The fraction of sp³-hybridized carbons (Fsp3) is 0.174. The average Bonchev–Trinajstić information content (AvgIpc) is 2.82. The number of nitrogens with one attached hydrogen (secondary N) is 1. The van der Waals surface area contributed by atoms with E-state index in [-0.39, 0.29) is 28.6 Å². The van der Waals surface area contributed by atoms with E-state index < -0.39 is 45.6 Å². The van der Waals surface area contributed by atoms with E-state index in [4.69, 9.17) is 16.3 Å². The molecule has 34 heavy (non-hydrogen) atoms. The van der Waals surface area contributed by atoms with Gasteiger partial charge in [0, 0.05) is 6.54 Å². The van der Waals surface area contributed by atoms with Crippen molar-refractivity contribution in [2.75, 3.05) is 25.5 Å². The minimum Gasteiger partial charge on any atom is -0.495 e. The number of rotatable bonds is 9. The standard InChI is InChI=1S/C23H20ClF3N2O4S/c1-33-20-10-7-16(13-17(20)24)34(31,32)29(12-11-15-5-3-2-4-6-15)14-21(30)28-19-9-8-18(25)22(26)23(19)27/h2-10,13H,11-12,14H2,1H3,(H,28,30). The van der Waals surface area contributed by atoms with Gasteiger partial charge in [-0.25, -0.2) is 21.6 Å². The van der Waals surface area contributed by atoms with Crippen LogP contribution in [-0.2, 0) is 21.2 Å². The van der Waals surface area contributed by atoms with Gasteiger partial charge in [0.15, 0.2) is 17.5 Å². The van der Waals surface area contributed by atoms with E-state index >= 15 is 0 Å². The molecule has 3 aromatic rings. The number of amides is 1. The predicted molar refractivity (Wildman–Crippen MR) is 122 cm³/mol. The first-order valence-corrected chi connectivity index (χ1v) is 11.8. The van der Waals surface area contributed by atoms with Crippen LogP contribution in [0.3, 0.4) is 0 Å². The number of ether oxygens (including phenoxy) is 1. The van der Waals surface area contributed by atoms with Crippen LogP contribution in [0.25, 0.3) is 0 Å². The Morgan fingerprint density at radius 1 is 1.03 bits per heavy atom. The van der Waals surface area contributed by atoms with Crippen LogP contribution in [-0.4, -0.2) is 38.8 Å². The normalized spacial score (nSPS) is 11.5. The molecule has 1 N–H and O–H groups in total. The van der Waals surface area contributed by atoms with Crippen LogP contribution in [0, 0.1) is 17.5 Å². The fourth-order valence-electron chi connectivity index (χ4n) is 3.11. The van der Waals surface area contributed by atoms with E-state index in [1.54, 1.807) is 30.3 Å². The molecule has 0 spiro atoms. The first-order valence-electron chi connectivity index (χ1n) is 9.94. The summed E-state index contributed by atoms with van der Waals surface area (Å²) in [7, 11) is -2.85. The minimum atomic E-state index is -4.23. The summed E-state index contributed by atoms with van der Waals surface area (Å²) in [5.74, 6) is -5.43. The minimum absolute atomic E-state index is 0.0555. The van der Waals surface area contributed by atoms with Crippen molar-refractivity contribution in [1.29, 1.82) is 0 Å². The lowest BCUT2D eigenvalue weighted by Crippen LogP contribution is -2.39. The summed E-state index contributed by atoms with van der Waals surface area (Å²) in [6.45, 7) is -0.805. The monoisotopic (exact) mass is 512 g/mol. The first kappa shape index (κ1) is 25.5. The Balaban J connectivity index is 1.87. The summed E-state index contributed by atoms with van der Waals surface area (Å²) < 4.78 is 73.2. The Morgan fingerprint density at radius 2 is 1.74 bits per heavy atom. The number of hydrogen-bond donors (Lipinski definition) is 1. The highest BCUT2D eigenvalue weighted by atomic mass is 35.5. The smallest absolute Gasteiger partial charge is 0.243 e. The Hall–Kier alpha value is -3.08. The maximum absolute atomic E-state index is 14.0. The highest BCUT2D eigenvalue weighted by Gasteiger charge is 2.28. The Morgan fingerprint density at radius 3 is 2.38 bits per heavy atom. The van der Waals surface area contributed by atoms with Gasteiger partial charge in [0.1, 0.15) is 5.75 Å². The molecule has 180 valence electrons. The fourth-order valence-corrected chi connectivity index (χ4v) is 4.86. The summed E-state index contributed by atoms with van der Waals surface area (Å²) >= 11 is 6.08. The Bertz CT molecular complexity index is 1290. The second kappa shape index (κ2) is 10.9. The van der Waals surface area contributed by atoms with E-state index in [0.717, 1.165) is 15.9 Å². The van der Waals surface area contributed by atoms with Gasteiger partial charge in [-0.3, -0.25) is 4.79 Å². The van der Waals surface area contributed by atoms with Crippen LogP contribution >= 0.6 is 11.6 Å². The second-order valence-corrected chi connectivity index (χ2v) is 9.49. The van der Waals surface area contributed by atoms with Gasteiger partial charge in [0.25, 0.3) is 0 Å². The molecule has 3 rings (SSSR count). The summed E-state index contributed by atoms with van der Waals surface area (Å²) in [6.07, 6.45) is 0.275. The number of nitrogens with zero attached hydrogens (tertiary/aromatic N) is 1. The van der Waals surface area contributed by atoms with Gasteiger partial charge in [0.2, 0.25) is 15.9 Å². The lowest BCUT2D eigenvalue weighted by molar-refractivity contribution is -0.116. The van der Waals surface area contributed by atoms with Gasteiger partial charge in [0.05, 0.1) is 29.3 Å². The molecule has 0 aliphatic rings. The summed E-state index contributed by atoms with van der Waals surface area (Å²) in [5.41, 5.74) is 0.208. The predicted octanol–water partition coefficient (Wildman–Crippen LogP) is 4.64. The van der Waals surface area contributed by atoms with Crippen molar-refractivity contribution in [3.8, 4) is 5.75 Å². The molecular weight excluding hydrogens is 493 g/mol. The molecule has 0 aliphatic carbocycles. The van der Waals surface area contributed by atoms with E-state index in [0.29, 0.717) is 6.07 Å². The van der Waals surface area contributed by atoms with Gasteiger partial charge in [-0.15, -0.1) is 0 Å². The lowest BCUT2D eigenvalue weighted by atomic mass is 10.1. The van der Waals surface area contributed by atoms with Crippen molar-refractivity contribution >= 4 is 33.2 Å². The third-order valence-corrected chi connectivity index (χ3v) is 7.02. The number of anilines is 1. The van der Waals surface area contributed by atoms with Gasteiger partial charge >= 0.3 is 0 Å². The van der Waals surface area contributed by atoms with Crippen LogP contribution in [0.5, 0.6) is 5.75 Å². The molecule has 6 nitrogen and oxygen atoms in total. The molecule has 0 bridgehead atoms. The molecule has 0 saturated heterocycles. The van der Waals surface area contributed by atoms with Gasteiger partial charge in [-0.1, -0.05) is 41.9 Å². The SMILES string of the molecule is COc1ccc(S(=O)(=O)N(CCc2ccccc2)CC(=O)Nc2ccc(F)c(F)c2F)cc1Cl. The van der Waals surface area contributed by atoms with Crippen molar-refractivity contribution in [2.45, 2.75) is 11.3 Å². The van der Waals surface area contributed by atoms with Crippen LogP contribution in [0.1, 0.15) is 5.56 Å². The average molecular weight is 513 g/mol. The van der Waals surface area contributed by atoms with Crippen molar-refractivity contribution in [3.63, 3.8) is 0 Å². The van der Waals surface area contributed by atoms with E-state index in [1.807, 2.05) is 0 Å². The number of carbonyl (C=O) groups excluding carboxylic acids is 1. The molecule has 0 aliphatic heterocycles. The van der Waals surface area contributed by atoms with Crippen LogP contribution in [0.4, 0.5) is 18.9 Å². The van der Waals surface area contributed by atoms with Gasteiger partial charge < -0.3 is 10.1 Å². The summed E-state index contributed by atoms with van der Waals surface area (Å²) in [5, 5.41) is 2.14. The zero-order chi connectivity index (χ0) is 24.9. The molecule has 0 atom stereocenters. The Kier molecular flexibility index (Phi) is 8.19. The first-order chi connectivity index (χ1) is 16.1. The van der Waals surface area contributed by atoms with Crippen LogP contribution in [0.15, 0.2) is 65.6 Å². The van der Waals surface area contributed by atoms with Gasteiger partial charge in [-0.05, 0) is 42.3 Å². The highest BCUT2D eigenvalue weighted by molar-refractivity contribution is 7.89. The summed E-state index contributed by atoms with van der Waals surface area (Å²) in [4.78, 5) is 12.4. The molecule has 0 unspecified atom stereocenters. The molecule has 1 amide bonds. The molecule has 11 heteroatoms. The molecule has 0 aromatic heterocycles. The molecule has 0 fully saturated rings. The topological polar surface area (TPSA) is 75.7 Å². The molecular formula is C23H20ClF3N2O4S. The molecule has 0 radical (unpaired) electrons. The van der Waals surface area contributed by atoms with Crippen LogP contribution in [0.2, 0.25) is 5.02 Å². The van der Waals surface area contributed by atoms with Gasteiger partial charge in [-0.2, -0.15) is 4.31 Å². The Labute approximate surface area is 200 Å². The van der Waals surface area contributed by atoms with Crippen molar-refractivity contribution in [3.05, 3.63) is 88.7 Å². The molecule has 0 heterocycles. The zero-order valence-electron chi connectivity index (χ0n) is 17.9. The summed E-state index contributed by atoms with van der Waals surface area (Å²) in [6, 6.07) is 14.3. The number of carbonyl (C=O) groups is 1. The largest absolute Gasteiger partial charge is 0.495 e. The quantitative estimate of drug-likeness (QED) is 0.424. The van der Waals surface area contributed by atoms with Crippen LogP contribution < -0.4 is 10.1 Å². The lowest BCUT2D eigenvalue weighted by Gasteiger charge is -2.22. The highest BCUT2D eigenvalue weighted by Crippen LogP contribution is 2.28. The van der Waals surface area contributed by atoms with Crippen molar-refractivity contribution in [1.82, 2.24) is 4.31 Å².